The fraction of sp³-hybridized carbons (Fsp3) is 0.700. The third kappa shape index (κ3) is 2.45. The molecule has 1 aliphatic rings. The van der Waals surface area contributed by atoms with E-state index in [0.29, 0.717) is 5.78 Å². The average Bonchev–Trinajstić information content (AvgIpc) is 2.47. The molecule has 2 N–H and O–H groups in total. The molecule has 0 bridgehead atoms. The molecule has 2 unspecified atom stereocenters. The monoisotopic (exact) mass is 167 g/mol. The minimum Gasteiger partial charge on any atom is -0.324 e. The van der Waals surface area contributed by atoms with Gasteiger partial charge in [0.2, 0.25) is 0 Å². The van der Waals surface area contributed by atoms with E-state index in [-0.39, 0.29) is 12.0 Å². The summed E-state index contributed by atoms with van der Waals surface area (Å²) in [5.41, 5.74) is 5.65. The van der Waals surface area contributed by atoms with Crippen LogP contribution in [-0.4, -0.2) is 11.8 Å². The topological polar surface area (TPSA) is 43.1 Å². The van der Waals surface area contributed by atoms with Crippen LogP contribution in [0.4, 0.5) is 0 Å². The highest BCUT2D eigenvalue weighted by atomic mass is 16.1. The van der Waals surface area contributed by atoms with Crippen LogP contribution in [-0.2, 0) is 4.79 Å². The quantitative estimate of drug-likeness (QED) is 0.647. The molecule has 1 rings (SSSR count). The van der Waals surface area contributed by atoms with E-state index in [4.69, 9.17) is 5.73 Å². The van der Waals surface area contributed by atoms with Gasteiger partial charge in [-0.25, -0.2) is 0 Å². The fourth-order valence-corrected chi connectivity index (χ4v) is 1.50. The molecule has 0 fully saturated rings. The third-order valence-electron chi connectivity index (χ3n) is 2.31. The van der Waals surface area contributed by atoms with Gasteiger partial charge in [-0.1, -0.05) is 25.5 Å². The molecule has 12 heavy (non-hydrogen) atoms. The molecule has 2 heteroatoms. The molecule has 0 aromatic carbocycles. The molecule has 0 aliphatic heterocycles. The second-order valence-corrected chi connectivity index (χ2v) is 3.46. The van der Waals surface area contributed by atoms with Crippen molar-refractivity contribution >= 4 is 5.78 Å². The standard InChI is InChI=1S/C10H17NO/c1-2-3-4-10(12)8-5-6-9(11)7-8/h5-6,8-9H,2-4,7,11H2,1H3. The van der Waals surface area contributed by atoms with Gasteiger partial charge in [-0.05, 0) is 12.8 Å². The van der Waals surface area contributed by atoms with E-state index in [9.17, 15) is 4.79 Å². The summed E-state index contributed by atoms with van der Waals surface area (Å²) in [6, 6.07) is 0.112. The van der Waals surface area contributed by atoms with Crippen LogP contribution in [0.25, 0.3) is 0 Å². The number of unbranched alkanes of at least 4 members (excludes halogenated alkanes) is 1. The lowest BCUT2D eigenvalue weighted by atomic mass is 9.98. The average molecular weight is 167 g/mol. The Morgan fingerprint density at radius 1 is 1.58 bits per heavy atom. The molecule has 0 amide bonds. The summed E-state index contributed by atoms with van der Waals surface area (Å²) in [5, 5.41) is 0. The largest absolute Gasteiger partial charge is 0.324 e. The Labute approximate surface area is 73.8 Å². The van der Waals surface area contributed by atoms with Gasteiger partial charge < -0.3 is 5.73 Å². The summed E-state index contributed by atoms with van der Waals surface area (Å²) >= 11 is 0. The lowest BCUT2D eigenvalue weighted by molar-refractivity contribution is -0.121. The van der Waals surface area contributed by atoms with Crippen LogP contribution in [0.5, 0.6) is 0 Å². The van der Waals surface area contributed by atoms with Gasteiger partial charge in [0.25, 0.3) is 0 Å². The first kappa shape index (κ1) is 9.46. The summed E-state index contributed by atoms with van der Waals surface area (Å²) < 4.78 is 0. The molecular formula is C10H17NO. The zero-order valence-corrected chi connectivity index (χ0v) is 7.62. The van der Waals surface area contributed by atoms with Crippen LogP contribution >= 0.6 is 0 Å². The lowest BCUT2D eigenvalue weighted by Crippen LogP contribution is -2.18. The van der Waals surface area contributed by atoms with Crippen LogP contribution in [0.3, 0.4) is 0 Å². The Kier molecular flexibility index (Phi) is 3.48. The van der Waals surface area contributed by atoms with Gasteiger partial charge in [0.1, 0.15) is 5.78 Å². The number of carbonyl (C=O) groups is 1. The summed E-state index contributed by atoms with van der Waals surface area (Å²) in [5.74, 6) is 0.479. The first-order valence-corrected chi connectivity index (χ1v) is 4.70. The Balaban J connectivity index is 2.29. The zero-order chi connectivity index (χ0) is 8.97. The first-order chi connectivity index (χ1) is 5.74. The van der Waals surface area contributed by atoms with Crippen molar-refractivity contribution in [2.24, 2.45) is 11.7 Å². The maximum atomic E-state index is 11.4. The first-order valence-electron chi connectivity index (χ1n) is 4.70. The number of hydrogen-bond donors (Lipinski definition) is 1. The van der Waals surface area contributed by atoms with E-state index in [0.717, 1.165) is 25.7 Å². The van der Waals surface area contributed by atoms with Crippen molar-refractivity contribution in [1.29, 1.82) is 0 Å². The van der Waals surface area contributed by atoms with Crippen LogP contribution in [0, 0.1) is 5.92 Å². The van der Waals surface area contributed by atoms with Crippen LogP contribution in [0.2, 0.25) is 0 Å². The van der Waals surface area contributed by atoms with Crippen LogP contribution in [0.15, 0.2) is 12.2 Å². The van der Waals surface area contributed by atoms with Gasteiger partial charge in [0.15, 0.2) is 0 Å². The number of Topliss-reactive ketones (excluding diaryl/α,β-unsaturated/α-hetero) is 1. The minimum absolute atomic E-state index is 0.112. The molecule has 2 atom stereocenters. The van der Waals surface area contributed by atoms with Crippen molar-refractivity contribution in [3.8, 4) is 0 Å². The maximum Gasteiger partial charge on any atom is 0.139 e. The SMILES string of the molecule is CCCCC(=O)C1C=CC(N)C1. The van der Waals surface area contributed by atoms with Gasteiger partial charge in [0.05, 0.1) is 0 Å². The molecule has 0 saturated carbocycles. The normalized spacial score (nSPS) is 27.8. The number of ketones is 1. The fourth-order valence-electron chi connectivity index (χ4n) is 1.50. The summed E-state index contributed by atoms with van der Waals surface area (Å²) in [6.07, 6.45) is 7.55. The van der Waals surface area contributed by atoms with E-state index in [1.54, 1.807) is 0 Å². The molecule has 0 heterocycles. The summed E-state index contributed by atoms with van der Waals surface area (Å²) in [7, 11) is 0. The van der Waals surface area contributed by atoms with E-state index in [1.807, 2.05) is 12.2 Å². The van der Waals surface area contributed by atoms with Crippen molar-refractivity contribution in [3.63, 3.8) is 0 Å². The molecule has 68 valence electrons. The Bertz CT molecular complexity index is 186. The Morgan fingerprint density at radius 3 is 2.83 bits per heavy atom. The second kappa shape index (κ2) is 4.41. The third-order valence-corrected chi connectivity index (χ3v) is 2.31. The van der Waals surface area contributed by atoms with Gasteiger partial charge in [-0.15, -0.1) is 0 Å². The van der Waals surface area contributed by atoms with Crippen molar-refractivity contribution in [3.05, 3.63) is 12.2 Å². The predicted molar refractivity (Wildman–Crippen MR) is 49.8 cm³/mol. The Morgan fingerprint density at radius 2 is 2.33 bits per heavy atom. The van der Waals surface area contributed by atoms with Gasteiger partial charge in [-0.2, -0.15) is 0 Å². The van der Waals surface area contributed by atoms with E-state index >= 15 is 0 Å². The van der Waals surface area contributed by atoms with Gasteiger partial charge in [-0.3, -0.25) is 4.79 Å². The molecule has 0 saturated heterocycles. The number of carbonyl (C=O) groups excluding carboxylic acids is 1. The van der Waals surface area contributed by atoms with Crippen molar-refractivity contribution in [2.75, 3.05) is 0 Å². The van der Waals surface area contributed by atoms with Crippen molar-refractivity contribution < 1.29 is 4.79 Å². The molecule has 0 aromatic heterocycles. The molecule has 0 radical (unpaired) electrons. The van der Waals surface area contributed by atoms with Gasteiger partial charge >= 0.3 is 0 Å². The molecular weight excluding hydrogens is 150 g/mol. The minimum atomic E-state index is 0.112. The maximum absolute atomic E-state index is 11.4. The molecule has 2 nitrogen and oxygen atoms in total. The number of hydrogen-bond acceptors (Lipinski definition) is 2. The highest BCUT2D eigenvalue weighted by Gasteiger charge is 2.21. The molecule has 1 aliphatic carbocycles. The van der Waals surface area contributed by atoms with E-state index in [1.165, 1.54) is 0 Å². The second-order valence-electron chi connectivity index (χ2n) is 3.46. The van der Waals surface area contributed by atoms with E-state index in [2.05, 4.69) is 6.92 Å². The summed E-state index contributed by atoms with van der Waals surface area (Å²) in [4.78, 5) is 11.4. The van der Waals surface area contributed by atoms with Crippen molar-refractivity contribution in [2.45, 2.75) is 38.6 Å². The Hall–Kier alpha value is -0.630. The summed E-state index contributed by atoms with van der Waals surface area (Å²) in [6.45, 7) is 2.10. The van der Waals surface area contributed by atoms with Crippen LogP contribution < -0.4 is 5.73 Å². The van der Waals surface area contributed by atoms with E-state index < -0.39 is 0 Å². The highest BCUT2D eigenvalue weighted by molar-refractivity contribution is 5.83. The zero-order valence-electron chi connectivity index (χ0n) is 7.62. The van der Waals surface area contributed by atoms with Crippen molar-refractivity contribution in [1.82, 2.24) is 0 Å². The highest BCUT2D eigenvalue weighted by Crippen LogP contribution is 2.19. The predicted octanol–water partition coefficient (Wildman–Crippen LogP) is 1.65. The van der Waals surface area contributed by atoms with Crippen LogP contribution in [0.1, 0.15) is 32.6 Å². The number of nitrogens with two attached hydrogens (primary N) is 1. The molecule has 0 spiro atoms. The smallest absolute Gasteiger partial charge is 0.139 e. The van der Waals surface area contributed by atoms with Gasteiger partial charge in [0, 0.05) is 18.4 Å². The number of allylic oxidation sites excluding steroid dienone is 1. The lowest BCUT2D eigenvalue weighted by Gasteiger charge is -2.06. The number of rotatable bonds is 4. The molecule has 0 aromatic rings.